The summed E-state index contributed by atoms with van der Waals surface area (Å²) in [7, 11) is 1.77. The molecule has 3 aromatic rings. The number of rotatable bonds is 5. The van der Waals surface area contributed by atoms with Crippen LogP contribution < -0.4 is 22.1 Å². The van der Waals surface area contributed by atoms with E-state index in [0.717, 1.165) is 17.0 Å². The molecule has 0 bridgehead atoms. The van der Waals surface area contributed by atoms with Gasteiger partial charge in [0.1, 0.15) is 11.9 Å². The number of fused-ring (bicyclic) bond motifs is 1. The summed E-state index contributed by atoms with van der Waals surface area (Å²) in [4.78, 5) is 16.0. The Kier molecular flexibility index (Phi) is 5.21. The standard InChI is InChI=1S/C20H22F3N7O/c1-30-15-6-2-5-14(11(15)9-26-30)27-18-10(17(25)31)8-12(21)19(29-18)28-16-13(24)4-3-7-20(16,22)23/h2,5-6,8-9,13,16H,3-4,7,24H2,1H3,(H2,25,31)(H2,27,28,29)/t13-,16-/m0/s1. The molecular weight excluding hydrogens is 411 g/mol. The zero-order chi connectivity index (χ0) is 22.3. The summed E-state index contributed by atoms with van der Waals surface area (Å²) in [6.07, 6.45) is 1.92. The fraction of sp³-hybridized carbons (Fsp3) is 0.350. The number of carbonyl (C=O) groups is 1. The molecule has 1 aromatic carbocycles. The highest BCUT2D eigenvalue weighted by Gasteiger charge is 2.46. The lowest BCUT2D eigenvalue weighted by Gasteiger charge is -2.36. The molecule has 0 radical (unpaired) electrons. The van der Waals surface area contributed by atoms with Crippen LogP contribution in [0.1, 0.15) is 29.6 Å². The zero-order valence-electron chi connectivity index (χ0n) is 16.7. The largest absolute Gasteiger partial charge is 0.365 e. The number of halogens is 3. The highest BCUT2D eigenvalue weighted by molar-refractivity contribution is 6.00. The smallest absolute Gasteiger partial charge is 0.269 e. The van der Waals surface area contributed by atoms with Gasteiger partial charge < -0.3 is 22.1 Å². The number of hydrogen-bond acceptors (Lipinski definition) is 6. The van der Waals surface area contributed by atoms with Crippen molar-refractivity contribution in [3.63, 3.8) is 0 Å². The third kappa shape index (κ3) is 3.88. The van der Waals surface area contributed by atoms with Gasteiger partial charge in [-0.3, -0.25) is 9.48 Å². The minimum Gasteiger partial charge on any atom is -0.365 e. The highest BCUT2D eigenvalue weighted by atomic mass is 19.3. The quantitative estimate of drug-likeness (QED) is 0.491. The summed E-state index contributed by atoms with van der Waals surface area (Å²) in [5, 5.41) is 10.3. The molecular formula is C20H22F3N7O. The molecule has 2 heterocycles. The van der Waals surface area contributed by atoms with E-state index in [1.165, 1.54) is 0 Å². The van der Waals surface area contributed by atoms with Crippen LogP contribution in [-0.2, 0) is 7.05 Å². The first kappa shape index (κ1) is 20.9. The van der Waals surface area contributed by atoms with Gasteiger partial charge in [-0.15, -0.1) is 0 Å². The molecule has 0 saturated heterocycles. The van der Waals surface area contributed by atoms with Crippen LogP contribution in [0.25, 0.3) is 10.9 Å². The highest BCUT2D eigenvalue weighted by Crippen LogP contribution is 2.36. The fourth-order valence-corrected chi connectivity index (χ4v) is 3.86. The first-order chi connectivity index (χ1) is 14.7. The van der Waals surface area contributed by atoms with E-state index in [1.54, 1.807) is 30.1 Å². The number of carbonyl (C=O) groups excluding carboxylic acids is 1. The molecule has 1 aliphatic carbocycles. The first-order valence-corrected chi connectivity index (χ1v) is 9.75. The number of aryl methyl sites for hydroxylation is 1. The van der Waals surface area contributed by atoms with Crippen molar-refractivity contribution in [2.45, 2.75) is 37.3 Å². The molecule has 31 heavy (non-hydrogen) atoms. The summed E-state index contributed by atoms with van der Waals surface area (Å²) in [5.74, 6) is -5.53. The Bertz CT molecular complexity index is 1150. The van der Waals surface area contributed by atoms with Gasteiger partial charge in [-0.05, 0) is 31.0 Å². The molecule has 0 aliphatic heterocycles. The summed E-state index contributed by atoms with van der Waals surface area (Å²) < 4.78 is 45.1. The van der Waals surface area contributed by atoms with Gasteiger partial charge in [-0.2, -0.15) is 5.10 Å². The number of primary amides is 1. The van der Waals surface area contributed by atoms with Gasteiger partial charge in [0.05, 0.1) is 23.0 Å². The molecule has 11 heteroatoms. The van der Waals surface area contributed by atoms with Gasteiger partial charge in [0.25, 0.3) is 11.8 Å². The number of nitrogens with two attached hydrogens (primary N) is 2. The number of benzene rings is 1. The van der Waals surface area contributed by atoms with Crippen LogP contribution in [0.2, 0.25) is 0 Å². The van der Waals surface area contributed by atoms with Crippen molar-refractivity contribution in [1.82, 2.24) is 14.8 Å². The number of hydrogen-bond donors (Lipinski definition) is 4. The maximum absolute atomic E-state index is 14.7. The van der Waals surface area contributed by atoms with Gasteiger partial charge in [-0.1, -0.05) is 6.07 Å². The molecule has 1 aliphatic rings. The molecule has 1 saturated carbocycles. The lowest BCUT2D eigenvalue weighted by molar-refractivity contribution is -0.0512. The third-order valence-electron chi connectivity index (χ3n) is 5.51. The van der Waals surface area contributed by atoms with Crippen molar-refractivity contribution in [2.75, 3.05) is 10.6 Å². The summed E-state index contributed by atoms with van der Waals surface area (Å²) in [6.45, 7) is 0. The van der Waals surface area contributed by atoms with Crippen molar-refractivity contribution >= 4 is 34.1 Å². The second-order valence-corrected chi connectivity index (χ2v) is 7.65. The molecule has 2 aromatic heterocycles. The van der Waals surface area contributed by atoms with Crippen molar-refractivity contribution in [3.8, 4) is 0 Å². The molecule has 164 valence electrons. The van der Waals surface area contributed by atoms with E-state index < -0.39 is 35.5 Å². The molecule has 4 rings (SSSR count). The van der Waals surface area contributed by atoms with E-state index >= 15 is 0 Å². The van der Waals surface area contributed by atoms with Crippen molar-refractivity contribution < 1.29 is 18.0 Å². The van der Waals surface area contributed by atoms with Crippen molar-refractivity contribution in [1.29, 1.82) is 0 Å². The van der Waals surface area contributed by atoms with Crippen LogP contribution >= 0.6 is 0 Å². The second kappa shape index (κ2) is 7.73. The van der Waals surface area contributed by atoms with Gasteiger partial charge >= 0.3 is 0 Å². The molecule has 6 N–H and O–H groups in total. The van der Waals surface area contributed by atoms with E-state index in [1.807, 2.05) is 6.07 Å². The topological polar surface area (TPSA) is 124 Å². The Labute approximate surface area is 175 Å². The van der Waals surface area contributed by atoms with Crippen molar-refractivity contribution in [3.05, 3.63) is 41.8 Å². The minimum atomic E-state index is -3.12. The Morgan fingerprint density at radius 2 is 2.10 bits per heavy atom. The predicted molar refractivity (Wildman–Crippen MR) is 111 cm³/mol. The van der Waals surface area contributed by atoms with Crippen molar-refractivity contribution in [2.24, 2.45) is 18.5 Å². The second-order valence-electron chi connectivity index (χ2n) is 7.65. The monoisotopic (exact) mass is 433 g/mol. The van der Waals surface area contributed by atoms with Gasteiger partial charge in [-0.25, -0.2) is 18.2 Å². The van der Waals surface area contributed by atoms with Gasteiger partial charge in [0, 0.05) is 24.9 Å². The average molecular weight is 433 g/mol. The Balaban J connectivity index is 1.74. The first-order valence-electron chi connectivity index (χ1n) is 9.75. The Morgan fingerprint density at radius 1 is 1.32 bits per heavy atom. The van der Waals surface area contributed by atoms with Crippen LogP contribution in [0.15, 0.2) is 30.5 Å². The maximum atomic E-state index is 14.7. The van der Waals surface area contributed by atoms with Gasteiger partial charge in [0.2, 0.25) is 0 Å². The van der Waals surface area contributed by atoms with Crippen LogP contribution in [0.3, 0.4) is 0 Å². The number of nitrogens with zero attached hydrogens (tertiary/aromatic N) is 3. The number of aromatic nitrogens is 3. The number of amides is 1. The molecule has 2 atom stereocenters. The number of pyridine rings is 1. The van der Waals surface area contributed by atoms with E-state index in [2.05, 4.69) is 20.7 Å². The maximum Gasteiger partial charge on any atom is 0.269 e. The lowest BCUT2D eigenvalue weighted by Crippen LogP contribution is -2.55. The van der Waals surface area contributed by atoms with E-state index in [0.29, 0.717) is 12.1 Å². The Morgan fingerprint density at radius 3 is 2.81 bits per heavy atom. The average Bonchev–Trinajstić information content (AvgIpc) is 3.08. The van der Waals surface area contributed by atoms with Crippen LogP contribution in [-0.4, -0.2) is 38.7 Å². The fourth-order valence-electron chi connectivity index (χ4n) is 3.86. The molecule has 1 amide bonds. The van der Waals surface area contributed by atoms with E-state index in [-0.39, 0.29) is 24.2 Å². The zero-order valence-corrected chi connectivity index (χ0v) is 16.7. The summed E-state index contributed by atoms with van der Waals surface area (Å²) >= 11 is 0. The summed E-state index contributed by atoms with van der Waals surface area (Å²) in [6, 6.07) is 3.84. The molecule has 8 nitrogen and oxygen atoms in total. The number of nitrogens with one attached hydrogen (secondary N) is 2. The molecule has 1 fully saturated rings. The van der Waals surface area contributed by atoms with Crippen LogP contribution in [0.5, 0.6) is 0 Å². The van der Waals surface area contributed by atoms with Gasteiger partial charge in [0.15, 0.2) is 11.6 Å². The third-order valence-corrected chi connectivity index (χ3v) is 5.51. The number of alkyl halides is 2. The minimum absolute atomic E-state index is 0.0690. The lowest BCUT2D eigenvalue weighted by atomic mass is 9.87. The Hall–Kier alpha value is -3.34. The van der Waals surface area contributed by atoms with Crippen LogP contribution in [0, 0.1) is 5.82 Å². The van der Waals surface area contributed by atoms with E-state index in [4.69, 9.17) is 11.5 Å². The molecule has 0 spiro atoms. The van der Waals surface area contributed by atoms with E-state index in [9.17, 15) is 18.0 Å². The summed E-state index contributed by atoms with van der Waals surface area (Å²) in [5.41, 5.74) is 12.4. The SMILES string of the molecule is Cn1ncc2c(Nc3nc(N[C@H]4[C@@H](N)CCCC4(F)F)c(F)cc3C(N)=O)cccc21. The molecule has 0 unspecified atom stereocenters. The normalized spacial score (nSPS) is 20.5. The predicted octanol–water partition coefficient (Wildman–Crippen LogP) is 2.88. The number of anilines is 3. The van der Waals surface area contributed by atoms with Crippen LogP contribution in [0.4, 0.5) is 30.5 Å².